The summed E-state index contributed by atoms with van der Waals surface area (Å²) in [6.45, 7) is 11.6. The first kappa shape index (κ1) is 13.6. The molecule has 0 spiro atoms. The third kappa shape index (κ3) is 4.23. The lowest BCUT2D eigenvalue weighted by Gasteiger charge is -2.31. The number of carbonyl (C=O) groups excluding carboxylic acids is 1. The molecular formula is C12H25NO. The van der Waals surface area contributed by atoms with Crippen LogP contribution in [0.25, 0.3) is 0 Å². The molecular weight excluding hydrogens is 174 g/mol. The van der Waals surface area contributed by atoms with Gasteiger partial charge < -0.3 is 0 Å². The zero-order chi connectivity index (χ0) is 11.1. The van der Waals surface area contributed by atoms with Gasteiger partial charge in [-0.3, -0.25) is 9.69 Å². The topological polar surface area (TPSA) is 20.3 Å². The van der Waals surface area contributed by atoms with Crippen LogP contribution in [-0.4, -0.2) is 29.3 Å². The molecule has 1 atom stereocenters. The summed E-state index contributed by atoms with van der Waals surface area (Å²) in [6.07, 6.45) is 2.79. The highest BCUT2D eigenvalue weighted by Crippen LogP contribution is 2.09. The van der Waals surface area contributed by atoms with E-state index in [4.69, 9.17) is 0 Å². The Morgan fingerprint density at radius 3 is 2.07 bits per heavy atom. The maximum absolute atomic E-state index is 11.7. The van der Waals surface area contributed by atoms with Crippen LogP contribution in [0.3, 0.4) is 0 Å². The van der Waals surface area contributed by atoms with Crippen molar-refractivity contribution in [3.8, 4) is 0 Å². The summed E-state index contributed by atoms with van der Waals surface area (Å²) in [6, 6.07) is 0.556. The molecule has 0 saturated carbocycles. The van der Waals surface area contributed by atoms with E-state index in [0.717, 1.165) is 19.4 Å². The molecule has 0 fully saturated rings. The Hall–Kier alpha value is -0.370. The largest absolute Gasteiger partial charge is 0.298 e. The molecule has 0 aromatic carbocycles. The zero-order valence-electron chi connectivity index (χ0n) is 10.3. The minimum atomic E-state index is 0.0925. The van der Waals surface area contributed by atoms with E-state index in [1.165, 1.54) is 0 Å². The second-order valence-electron chi connectivity index (χ2n) is 4.22. The third-order valence-corrected chi connectivity index (χ3v) is 2.60. The summed E-state index contributed by atoms with van der Waals surface area (Å²) >= 11 is 0. The minimum Gasteiger partial charge on any atom is -0.298 e. The Morgan fingerprint density at radius 2 is 1.71 bits per heavy atom. The summed E-state index contributed by atoms with van der Waals surface area (Å²) < 4.78 is 0. The summed E-state index contributed by atoms with van der Waals surface area (Å²) in [5, 5.41) is 0. The molecule has 0 rings (SSSR count). The molecule has 2 nitrogen and oxygen atoms in total. The quantitative estimate of drug-likeness (QED) is 0.628. The zero-order valence-corrected chi connectivity index (χ0v) is 10.3. The molecule has 0 aliphatic rings. The van der Waals surface area contributed by atoms with Crippen LogP contribution in [0.5, 0.6) is 0 Å². The second-order valence-corrected chi connectivity index (χ2v) is 4.22. The molecule has 0 aromatic heterocycles. The highest BCUT2D eigenvalue weighted by molar-refractivity contribution is 5.83. The number of hydrogen-bond donors (Lipinski definition) is 0. The summed E-state index contributed by atoms with van der Waals surface area (Å²) in [5.74, 6) is 0.384. The van der Waals surface area contributed by atoms with Gasteiger partial charge in [0.25, 0.3) is 0 Å². The highest BCUT2D eigenvalue weighted by atomic mass is 16.1. The van der Waals surface area contributed by atoms with E-state index >= 15 is 0 Å². The van der Waals surface area contributed by atoms with Crippen molar-refractivity contribution in [2.75, 3.05) is 6.54 Å². The molecule has 0 N–H and O–H groups in total. The van der Waals surface area contributed by atoms with Gasteiger partial charge in [-0.2, -0.15) is 0 Å². The van der Waals surface area contributed by atoms with Crippen LogP contribution in [0, 0.1) is 0 Å². The lowest BCUT2D eigenvalue weighted by Crippen LogP contribution is -2.43. The first-order valence-electron chi connectivity index (χ1n) is 5.83. The lowest BCUT2D eigenvalue weighted by atomic mass is 10.1. The number of hydrogen-bond acceptors (Lipinski definition) is 2. The maximum Gasteiger partial charge on any atom is 0.149 e. The fourth-order valence-electron chi connectivity index (χ4n) is 1.80. The van der Waals surface area contributed by atoms with Crippen LogP contribution in [-0.2, 0) is 4.79 Å². The summed E-state index contributed by atoms with van der Waals surface area (Å²) in [4.78, 5) is 14.0. The van der Waals surface area contributed by atoms with E-state index in [0.29, 0.717) is 18.2 Å². The monoisotopic (exact) mass is 199 g/mol. The van der Waals surface area contributed by atoms with Crippen molar-refractivity contribution in [2.45, 2.75) is 66.0 Å². The average molecular weight is 199 g/mol. The second kappa shape index (κ2) is 6.99. The van der Waals surface area contributed by atoms with Crippen LogP contribution in [0.1, 0.15) is 53.9 Å². The summed E-state index contributed by atoms with van der Waals surface area (Å²) in [5.41, 5.74) is 0. The highest BCUT2D eigenvalue weighted by Gasteiger charge is 2.21. The molecule has 0 aliphatic heterocycles. The molecule has 0 aliphatic carbocycles. The minimum absolute atomic E-state index is 0.0925. The van der Waals surface area contributed by atoms with Crippen LogP contribution in [0.2, 0.25) is 0 Å². The smallest absolute Gasteiger partial charge is 0.149 e. The average Bonchev–Trinajstić information content (AvgIpc) is 2.13. The molecule has 0 aromatic rings. The van der Waals surface area contributed by atoms with Crippen molar-refractivity contribution in [1.29, 1.82) is 0 Å². The molecule has 0 radical (unpaired) electrons. The number of ketones is 1. The van der Waals surface area contributed by atoms with Crippen molar-refractivity contribution in [3.05, 3.63) is 0 Å². The normalized spacial score (nSPS) is 13.6. The molecule has 14 heavy (non-hydrogen) atoms. The van der Waals surface area contributed by atoms with Crippen LogP contribution < -0.4 is 0 Å². The molecule has 2 heteroatoms. The van der Waals surface area contributed by atoms with Gasteiger partial charge in [0.05, 0.1) is 6.04 Å². The first-order chi connectivity index (χ1) is 6.54. The maximum atomic E-state index is 11.7. The van der Waals surface area contributed by atoms with Gasteiger partial charge in [0.2, 0.25) is 0 Å². The van der Waals surface area contributed by atoms with Gasteiger partial charge in [0, 0.05) is 12.5 Å². The van der Waals surface area contributed by atoms with E-state index in [1.807, 2.05) is 6.92 Å². The van der Waals surface area contributed by atoms with E-state index in [2.05, 4.69) is 32.6 Å². The Balaban J connectivity index is 4.26. The van der Waals surface area contributed by atoms with Gasteiger partial charge in [-0.05, 0) is 40.2 Å². The predicted molar refractivity (Wildman–Crippen MR) is 61.5 cm³/mol. The van der Waals surface area contributed by atoms with E-state index in [9.17, 15) is 4.79 Å². The first-order valence-corrected chi connectivity index (χ1v) is 5.83. The van der Waals surface area contributed by atoms with Crippen molar-refractivity contribution < 1.29 is 4.79 Å². The molecule has 84 valence electrons. The van der Waals surface area contributed by atoms with E-state index in [1.54, 1.807) is 0 Å². The van der Waals surface area contributed by atoms with Crippen LogP contribution >= 0.6 is 0 Å². The van der Waals surface area contributed by atoms with Gasteiger partial charge in [-0.25, -0.2) is 0 Å². The van der Waals surface area contributed by atoms with Gasteiger partial charge in [0.15, 0.2) is 0 Å². The number of nitrogens with zero attached hydrogens (tertiary/aromatic N) is 1. The van der Waals surface area contributed by atoms with Gasteiger partial charge in [0.1, 0.15) is 5.78 Å². The fraction of sp³-hybridized carbons (Fsp3) is 0.917. The predicted octanol–water partition coefficient (Wildman–Crippen LogP) is 2.86. The summed E-state index contributed by atoms with van der Waals surface area (Å²) in [7, 11) is 0. The van der Waals surface area contributed by atoms with Gasteiger partial charge >= 0.3 is 0 Å². The molecule has 0 saturated heterocycles. The van der Waals surface area contributed by atoms with Crippen molar-refractivity contribution in [3.63, 3.8) is 0 Å². The Morgan fingerprint density at radius 1 is 1.14 bits per heavy atom. The SMILES string of the molecule is CCCC(=O)[C@H](C)N(CCC)C(C)C. The Kier molecular flexibility index (Phi) is 6.81. The van der Waals surface area contributed by atoms with Crippen molar-refractivity contribution in [1.82, 2.24) is 4.90 Å². The molecule has 0 bridgehead atoms. The van der Waals surface area contributed by atoms with E-state index in [-0.39, 0.29) is 6.04 Å². The van der Waals surface area contributed by atoms with Gasteiger partial charge in [-0.1, -0.05) is 13.8 Å². The van der Waals surface area contributed by atoms with Crippen LogP contribution in [0.15, 0.2) is 0 Å². The molecule has 0 heterocycles. The Labute approximate surface area is 88.7 Å². The van der Waals surface area contributed by atoms with Crippen LogP contribution in [0.4, 0.5) is 0 Å². The number of carbonyl (C=O) groups is 1. The number of rotatable bonds is 7. The van der Waals surface area contributed by atoms with Crippen molar-refractivity contribution >= 4 is 5.78 Å². The Bertz CT molecular complexity index is 166. The van der Waals surface area contributed by atoms with E-state index < -0.39 is 0 Å². The third-order valence-electron chi connectivity index (χ3n) is 2.60. The standard InChI is InChI=1S/C12H25NO/c1-6-8-12(14)11(5)13(9-7-2)10(3)4/h10-11H,6-9H2,1-5H3/t11-/m0/s1. The molecule has 0 unspecified atom stereocenters. The fourth-order valence-corrected chi connectivity index (χ4v) is 1.80. The number of Topliss-reactive ketones (excluding diaryl/α,β-unsaturated/α-hetero) is 1. The van der Waals surface area contributed by atoms with Crippen molar-refractivity contribution in [2.24, 2.45) is 0 Å². The van der Waals surface area contributed by atoms with Gasteiger partial charge in [-0.15, -0.1) is 0 Å². The lowest BCUT2D eigenvalue weighted by molar-refractivity contribution is -0.124. The molecule has 0 amide bonds.